The SMILES string of the molecule is C=N/C(=C\C(c1ccccc1)c1ccccc1-c1ccc(-c2ccccc2C2(C)c3cccc4ccc5cccc2c5c34)cc1)c1ccccc1. The highest BCUT2D eigenvalue weighted by Gasteiger charge is 2.40. The Hall–Kier alpha value is -6.31. The molecule has 1 aliphatic carbocycles. The summed E-state index contributed by atoms with van der Waals surface area (Å²) in [7, 11) is 0. The summed E-state index contributed by atoms with van der Waals surface area (Å²) in [5.41, 5.74) is 13.0. The van der Waals surface area contributed by atoms with E-state index in [-0.39, 0.29) is 11.3 Å². The summed E-state index contributed by atoms with van der Waals surface area (Å²) in [6, 6.07) is 66.1. The van der Waals surface area contributed by atoms with E-state index in [9.17, 15) is 0 Å². The molecule has 8 aromatic rings. The van der Waals surface area contributed by atoms with Gasteiger partial charge in [0.2, 0.25) is 0 Å². The number of hydrogen-bond donors (Lipinski definition) is 0. The zero-order valence-corrected chi connectivity index (χ0v) is 28.6. The number of benzene rings is 8. The summed E-state index contributed by atoms with van der Waals surface area (Å²) >= 11 is 0. The van der Waals surface area contributed by atoms with Crippen LogP contribution in [-0.4, -0.2) is 6.72 Å². The van der Waals surface area contributed by atoms with Crippen LogP contribution in [0.15, 0.2) is 193 Å². The van der Waals surface area contributed by atoms with E-state index in [1.807, 2.05) is 18.2 Å². The molecular formula is C50H37N. The first kappa shape index (κ1) is 30.7. The van der Waals surface area contributed by atoms with Crippen LogP contribution in [-0.2, 0) is 5.41 Å². The van der Waals surface area contributed by atoms with Crippen molar-refractivity contribution < 1.29 is 0 Å². The van der Waals surface area contributed by atoms with Crippen LogP contribution in [0.25, 0.3) is 49.5 Å². The molecule has 1 aliphatic rings. The van der Waals surface area contributed by atoms with E-state index in [4.69, 9.17) is 0 Å². The zero-order valence-electron chi connectivity index (χ0n) is 28.6. The van der Waals surface area contributed by atoms with Crippen molar-refractivity contribution in [1.82, 2.24) is 0 Å². The van der Waals surface area contributed by atoms with Crippen LogP contribution in [0, 0.1) is 0 Å². The van der Waals surface area contributed by atoms with E-state index in [0.29, 0.717) is 0 Å². The van der Waals surface area contributed by atoms with Gasteiger partial charge in [0, 0.05) is 11.3 Å². The van der Waals surface area contributed by atoms with Gasteiger partial charge in [-0.2, -0.15) is 0 Å². The Morgan fingerprint density at radius 1 is 0.510 bits per heavy atom. The fraction of sp³-hybridized carbons (Fsp3) is 0.0600. The third-order valence-electron chi connectivity index (χ3n) is 11.0. The molecule has 0 N–H and O–H groups in total. The highest BCUT2D eigenvalue weighted by molar-refractivity contribution is 6.15. The van der Waals surface area contributed by atoms with Crippen molar-refractivity contribution in [3.8, 4) is 22.3 Å². The van der Waals surface area contributed by atoms with E-state index < -0.39 is 0 Å². The quantitative estimate of drug-likeness (QED) is 0.115. The molecular weight excluding hydrogens is 615 g/mol. The van der Waals surface area contributed by atoms with Crippen LogP contribution in [0.5, 0.6) is 0 Å². The van der Waals surface area contributed by atoms with Gasteiger partial charge in [0.15, 0.2) is 0 Å². The monoisotopic (exact) mass is 651 g/mol. The minimum Gasteiger partial charge on any atom is -0.264 e. The smallest absolute Gasteiger partial charge is 0.0664 e. The summed E-state index contributed by atoms with van der Waals surface area (Å²) in [5, 5.41) is 5.39. The standard InChI is InChI=1S/C50H37N/c1-50(45-25-13-19-38-31-32-39-20-14-26-46(50)49(39)48(38)45)44-24-12-11-22-41(44)36-29-27-35(28-30-36)40-21-9-10-23-42(40)43(34-15-5-3-6-16-34)33-47(51-2)37-17-7-4-8-18-37/h3-33,43H,2H2,1H3/b47-33-. The average molecular weight is 652 g/mol. The molecule has 1 atom stereocenters. The van der Waals surface area contributed by atoms with Crippen molar-refractivity contribution in [2.75, 3.05) is 0 Å². The molecule has 8 aromatic carbocycles. The number of aliphatic imine (C=N–C) groups is 1. The van der Waals surface area contributed by atoms with E-state index in [1.54, 1.807) is 0 Å². The lowest BCUT2D eigenvalue weighted by atomic mass is 9.71. The molecule has 0 spiro atoms. The van der Waals surface area contributed by atoms with Gasteiger partial charge >= 0.3 is 0 Å². The largest absolute Gasteiger partial charge is 0.264 e. The number of rotatable bonds is 8. The van der Waals surface area contributed by atoms with Gasteiger partial charge in [0.05, 0.1) is 5.70 Å². The third-order valence-corrected chi connectivity index (χ3v) is 11.0. The lowest BCUT2D eigenvalue weighted by molar-refractivity contribution is 0.718. The maximum atomic E-state index is 4.49. The van der Waals surface area contributed by atoms with Crippen LogP contribution < -0.4 is 0 Å². The Kier molecular flexibility index (Phi) is 7.55. The minimum atomic E-state index is -0.282. The highest BCUT2D eigenvalue weighted by atomic mass is 14.7. The van der Waals surface area contributed by atoms with Crippen LogP contribution in [0.3, 0.4) is 0 Å². The van der Waals surface area contributed by atoms with Crippen molar-refractivity contribution in [1.29, 1.82) is 0 Å². The van der Waals surface area contributed by atoms with Crippen LogP contribution in [0.4, 0.5) is 0 Å². The first-order chi connectivity index (χ1) is 25.1. The van der Waals surface area contributed by atoms with Gasteiger partial charge in [-0.3, -0.25) is 4.99 Å². The fourth-order valence-corrected chi connectivity index (χ4v) is 8.49. The van der Waals surface area contributed by atoms with Gasteiger partial charge in [0.1, 0.15) is 0 Å². The fourth-order valence-electron chi connectivity index (χ4n) is 8.49. The number of hydrogen-bond acceptors (Lipinski definition) is 1. The molecule has 0 aromatic heterocycles. The molecule has 0 aliphatic heterocycles. The van der Waals surface area contributed by atoms with Gasteiger partial charge in [-0.25, -0.2) is 0 Å². The minimum absolute atomic E-state index is 0.0159. The topological polar surface area (TPSA) is 12.4 Å². The molecule has 242 valence electrons. The Morgan fingerprint density at radius 3 is 1.65 bits per heavy atom. The van der Waals surface area contributed by atoms with Crippen molar-refractivity contribution in [2.45, 2.75) is 18.3 Å². The molecule has 0 saturated heterocycles. The predicted octanol–water partition coefficient (Wildman–Crippen LogP) is 12.9. The van der Waals surface area contributed by atoms with Gasteiger partial charge in [-0.1, -0.05) is 182 Å². The van der Waals surface area contributed by atoms with Crippen LogP contribution >= 0.6 is 0 Å². The second-order valence-electron chi connectivity index (χ2n) is 13.7. The lowest BCUT2D eigenvalue weighted by Crippen LogP contribution is -2.23. The highest BCUT2D eigenvalue weighted by Crippen LogP contribution is 2.54. The van der Waals surface area contributed by atoms with Gasteiger partial charge < -0.3 is 0 Å². The molecule has 0 fully saturated rings. The summed E-state index contributed by atoms with van der Waals surface area (Å²) in [5.74, 6) is -0.0159. The lowest BCUT2D eigenvalue weighted by Gasteiger charge is -2.31. The average Bonchev–Trinajstić information content (AvgIpc) is 3.48. The first-order valence-electron chi connectivity index (χ1n) is 17.7. The molecule has 0 amide bonds. The Labute approximate surface area is 299 Å². The Balaban J connectivity index is 1.15. The molecule has 1 heteroatoms. The van der Waals surface area contributed by atoms with E-state index in [0.717, 1.165) is 11.3 Å². The molecule has 51 heavy (non-hydrogen) atoms. The number of allylic oxidation sites excluding steroid dienone is 1. The van der Waals surface area contributed by atoms with E-state index in [1.165, 1.54) is 71.6 Å². The molecule has 0 radical (unpaired) electrons. The van der Waals surface area contributed by atoms with Crippen LogP contribution in [0.2, 0.25) is 0 Å². The molecule has 1 nitrogen and oxygen atoms in total. The van der Waals surface area contributed by atoms with Crippen molar-refractivity contribution in [3.05, 3.63) is 221 Å². The summed E-state index contributed by atoms with van der Waals surface area (Å²) in [6.45, 7) is 6.37. The number of nitrogens with zero attached hydrogens (tertiary/aromatic N) is 1. The molecule has 0 saturated carbocycles. The van der Waals surface area contributed by atoms with Crippen molar-refractivity contribution in [3.63, 3.8) is 0 Å². The molecule has 0 heterocycles. The van der Waals surface area contributed by atoms with Crippen molar-refractivity contribution >= 4 is 34.0 Å². The second kappa shape index (κ2) is 12.5. The van der Waals surface area contributed by atoms with E-state index >= 15 is 0 Å². The maximum absolute atomic E-state index is 4.49. The zero-order chi connectivity index (χ0) is 34.4. The van der Waals surface area contributed by atoms with Crippen LogP contribution in [0.1, 0.15) is 46.2 Å². The van der Waals surface area contributed by atoms with Gasteiger partial charge in [0.25, 0.3) is 0 Å². The van der Waals surface area contributed by atoms with E-state index in [2.05, 4.69) is 189 Å². The molecule has 0 bridgehead atoms. The summed E-state index contributed by atoms with van der Waals surface area (Å²) in [4.78, 5) is 4.49. The molecule has 9 rings (SSSR count). The normalized spacial score (nSPS) is 13.9. The molecule has 1 unspecified atom stereocenters. The Morgan fingerprint density at radius 2 is 1.02 bits per heavy atom. The predicted molar refractivity (Wildman–Crippen MR) is 217 cm³/mol. The van der Waals surface area contributed by atoms with Gasteiger partial charge in [-0.15, -0.1) is 0 Å². The summed E-state index contributed by atoms with van der Waals surface area (Å²) < 4.78 is 0. The van der Waals surface area contributed by atoms with Gasteiger partial charge in [-0.05, 0) is 96.9 Å². The first-order valence-corrected chi connectivity index (χ1v) is 17.7. The summed E-state index contributed by atoms with van der Waals surface area (Å²) in [6.07, 6.45) is 2.25. The maximum Gasteiger partial charge on any atom is 0.0664 e. The second-order valence-corrected chi connectivity index (χ2v) is 13.7. The Bertz CT molecular complexity index is 2530. The third kappa shape index (κ3) is 5.04. The van der Waals surface area contributed by atoms with Crippen molar-refractivity contribution in [2.24, 2.45) is 4.99 Å².